The lowest BCUT2D eigenvalue weighted by atomic mass is 9.78. The fourth-order valence-electron chi connectivity index (χ4n) is 5.25. The minimum absolute atomic E-state index is 0.165. The van der Waals surface area contributed by atoms with Gasteiger partial charge < -0.3 is 14.8 Å². The molecule has 1 aliphatic heterocycles. The molecule has 0 fully saturated rings. The highest BCUT2D eigenvalue weighted by molar-refractivity contribution is 6.12. The molecule has 1 heterocycles. The van der Waals surface area contributed by atoms with Gasteiger partial charge in [-0.25, -0.2) is 0 Å². The van der Waals surface area contributed by atoms with Gasteiger partial charge in [0, 0.05) is 16.9 Å². The predicted molar refractivity (Wildman–Crippen MR) is 149 cm³/mol. The van der Waals surface area contributed by atoms with Gasteiger partial charge in [0.1, 0.15) is 11.5 Å². The van der Waals surface area contributed by atoms with Crippen LogP contribution >= 0.6 is 0 Å². The van der Waals surface area contributed by atoms with E-state index in [2.05, 4.69) is 11.4 Å². The number of ether oxygens (including phenoxy) is 2. The number of carbonyl (C=O) groups is 2. The Labute approximate surface area is 222 Å². The Morgan fingerprint density at radius 1 is 0.789 bits per heavy atom. The zero-order valence-corrected chi connectivity index (χ0v) is 21.9. The number of anilines is 2. The second-order valence-corrected chi connectivity index (χ2v) is 9.52. The minimum atomic E-state index is -0.666. The topological polar surface area (TPSA) is 67.9 Å². The SMILES string of the molecule is COc1ccc([C@@H]2[C@@H](C(=O)Nc3cc(C)cc(C)c3)c3ccccc3C(=O)N2c2ccc(OC)cc2)cc1. The van der Waals surface area contributed by atoms with E-state index in [4.69, 9.17) is 9.47 Å². The molecule has 0 spiro atoms. The summed E-state index contributed by atoms with van der Waals surface area (Å²) in [6, 6.07) is 27.6. The van der Waals surface area contributed by atoms with Gasteiger partial charge in [0.05, 0.1) is 26.2 Å². The molecule has 38 heavy (non-hydrogen) atoms. The maximum atomic E-state index is 14.1. The van der Waals surface area contributed by atoms with Crippen LogP contribution in [-0.4, -0.2) is 26.0 Å². The number of carbonyl (C=O) groups excluding carboxylic acids is 2. The zero-order valence-electron chi connectivity index (χ0n) is 21.9. The van der Waals surface area contributed by atoms with Crippen LogP contribution in [0.1, 0.15) is 44.6 Å². The lowest BCUT2D eigenvalue weighted by molar-refractivity contribution is -0.118. The van der Waals surface area contributed by atoms with Gasteiger partial charge in [0.15, 0.2) is 0 Å². The maximum Gasteiger partial charge on any atom is 0.259 e. The number of methoxy groups -OCH3 is 2. The number of amides is 2. The summed E-state index contributed by atoms with van der Waals surface area (Å²) in [6.45, 7) is 4.01. The van der Waals surface area contributed by atoms with Crippen LogP contribution in [0, 0.1) is 13.8 Å². The Morgan fingerprint density at radius 3 is 1.97 bits per heavy atom. The molecule has 0 aromatic heterocycles. The van der Waals surface area contributed by atoms with Crippen molar-refractivity contribution < 1.29 is 19.1 Å². The van der Waals surface area contributed by atoms with E-state index in [1.807, 2.05) is 92.7 Å². The third kappa shape index (κ3) is 4.73. The molecule has 1 N–H and O–H groups in total. The summed E-state index contributed by atoms with van der Waals surface area (Å²) in [4.78, 5) is 29.9. The molecule has 4 aromatic carbocycles. The fraction of sp³-hybridized carbons (Fsp3) is 0.188. The van der Waals surface area contributed by atoms with Gasteiger partial charge in [-0.1, -0.05) is 36.4 Å². The Kier molecular flexibility index (Phi) is 6.88. The van der Waals surface area contributed by atoms with Gasteiger partial charge in [-0.3, -0.25) is 14.5 Å². The predicted octanol–water partition coefficient (Wildman–Crippen LogP) is 6.44. The Morgan fingerprint density at radius 2 is 1.37 bits per heavy atom. The molecule has 0 saturated heterocycles. The highest BCUT2D eigenvalue weighted by Gasteiger charge is 2.45. The molecular formula is C32H30N2O4. The second kappa shape index (κ2) is 10.4. The Balaban J connectivity index is 1.68. The highest BCUT2D eigenvalue weighted by Crippen LogP contribution is 2.46. The second-order valence-electron chi connectivity index (χ2n) is 9.52. The lowest BCUT2D eigenvalue weighted by Gasteiger charge is -2.42. The minimum Gasteiger partial charge on any atom is -0.497 e. The average Bonchev–Trinajstić information content (AvgIpc) is 2.92. The first-order valence-electron chi connectivity index (χ1n) is 12.5. The summed E-state index contributed by atoms with van der Waals surface area (Å²) in [5, 5.41) is 3.14. The summed E-state index contributed by atoms with van der Waals surface area (Å²) in [7, 11) is 3.21. The lowest BCUT2D eigenvalue weighted by Crippen LogP contribution is -2.46. The molecule has 1 aliphatic rings. The van der Waals surface area contributed by atoms with Crippen LogP contribution in [0.2, 0.25) is 0 Å². The molecule has 0 aliphatic carbocycles. The number of aryl methyl sites for hydroxylation is 2. The molecule has 6 nitrogen and oxygen atoms in total. The summed E-state index contributed by atoms with van der Waals surface area (Å²) < 4.78 is 10.7. The van der Waals surface area contributed by atoms with Crippen molar-refractivity contribution in [3.63, 3.8) is 0 Å². The monoisotopic (exact) mass is 506 g/mol. The summed E-state index contributed by atoms with van der Waals surface area (Å²) in [5.41, 5.74) is 5.56. The first kappa shape index (κ1) is 25.1. The van der Waals surface area contributed by atoms with Crippen molar-refractivity contribution in [1.82, 2.24) is 0 Å². The Bertz CT molecular complexity index is 1460. The standard InChI is InChI=1S/C32H30N2O4/c1-20-17-21(2)19-23(18-20)33-31(35)29-27-7-5-6-8-28(27)32(36)34(24-11-15-26(38-4)16-12-24)30(29)22-9-13-25(37-3)14-10-22/h5-19,29-30H,1-4H3,(H,33,35)/t29-,30+/m0/s1. The van der Waals surface area contributed by atoms with Crippen LogP contribution < -0.4 is 19.7 Å². The highest BCUT2D eigenvalue weighted by atomic mass is 16.5. The number of nitrogens with zero attached hydrogens (tertiary/aromatic N) is 1. The third-order valence-corrected chi connectivity index (χ3v) is 6.92. The van der Waals surface area contributed by atoms with Gasteiger partial charge >= 0.3 is 0 Å². The van der Waals surface area contributed by atoms with Gasteiger partial charge in [0.25, 0.3) is 5.91 Å². The molecule has 0 bridgehead atoms. The molecule has 6 heteroatoms. The molecule has 0 radical (unpaired) electrons. The maximum absolute atomic E-state index is 14.1. The largest absolute Gasteiger partial charge is 0.497 e. The number of hydrogen-bond acceptors (Lipinski definition) is 4. The first-order valence-corrected chi connectivity index (χ1v) is 12.5. The van der Waals surface area contributed by atoms with E-state index in [9.17, 15) is 9.59 Å². The third-order valence-electron chi connectivity index (χ3n) is 6.92. The van der Waals surface area contributed by atoms with E-state index in [0.717, 1.165) is 22.4 Å². The van der Waals surface area contributed by atoms with Crippen molar-refractivity contribution in [1.29, 1.82) is 0 Å². The van der Waals surface area contributed by atoms with E-state index >= 15 is 0 Å². The number of rotatable bonds is 6. The molecule has 5 rings (SSSR count). The van der Waals surface area contributed by atoms with Gasteiger partial charge in [-0.15, -0.1) is 0 Å². The summed E-state index contributed by atoms with van der Waals surface area (Å²) in [5.74, 6) is 0.365. The van der Waals surface area contributed by atoms with Gasteiger partial charge in [-0.05, 0) is 90.7 Å². The van der Waals surface area contributed by atoms with Crippen LogP contribution in [0.25, 0.3) is 0 Å². The normalized spacial score (nSPS) is 16.5. The van der Waals surface area contributed by atoms with Crippen LogP contribution in [0.5, 0.6) is 11.5 Å². The number of fused-ring (bicyclic) bond motifs is 1. The first-order chi connectivity index (χ1) is 18.4. The Hall–Kier alpha value is -4.58. The van der Waals surface area contributed by atoms with Crippen molar-refractivity contribution in [3.05, 3.63) is 119 Å². The molecule has 2 atom stereocenters. The smallest absolute Gasteiger partial charge is 0.259 e. The summed E-state index contributed by atoms with van der Waals surface area (Å²) >= 11 is 0. The number of benzene rings is 4. The zero-order chi connectivity index (χ0) is 26.8. The van der Waals surface area contributed by atoms with Crippen molar-refractivity contribution in [2.24, 2.45) is 0 Å². The van der Waals surface area contributed by atoms with Crippen molar-refractivity contribution in [2.75, 3.05) is 24.4 Å². The van der Waals surface area contributed by atoms with Crippen molar-refractivity contribution in [3.8, 4) is 11.5 Å². The van der Waals surface area contributed by atoms with Crippen molar-refractivity contribution >= 4 is 23.2 Å². The summed E-state index contributed by atoms with van der Waals surface area (Å²) in [6.07, 6.45) is 0. The molecule has 192 valence electrons. The van der Waals surface area contributed by atoms with E-state index in [1.54, 1.807) is 25.2 Å². The van der Waals surface area contributed by atoms with Crippen LogP contribution in [0.4, 0.5) is 11.4 Å². The van der Waals surface area contributed by atoms with E-state index in [1.165, 1.54) is 0 Å². The van der Waals surface area contributed by atoms with Gasteiger partial charge in [-0.2, -0.15) is 0 Å². The number of nitrogens with one attached hydrogen (secondary N) is 1. The molecule has 2 amide bonds. The molecule has 4 aromatic rings. The van der Waals surface area contributed by atoms with E-state index in [-0.39, 0.29) is 11.8 Å². The van der Waals surface area contributed by atoms with Gasteiger partial charge in [0.2, 0.25) is 5.91 Å². The molecular weight excluding hydrogens is 476 g/mol. The average molecular weight is 507 g/mol. The van der Waals surface area contributed by atoms with Crippen molar-refractivity contribution in [2.45, 2.75) is 25.8 Å². The quantitative estimate of drug-likeness (QED) is 0.327. The van der Waals surface area contributed by atoms with E-state index < -0.39 is 12.0 Å². The molecule has 0 unspecified atom stereocenters. The van der Waals surface area contributed by atoms with Crippen LogP contribution in [-0.2, 0) is 4.79 Å². The van der Waals surface area contributed by atoms with Crippen LogP contribution in [0.15, 0.2) is 91.0 Å². The van der Waals surface area contributed by atoms with Crippen LogP contribution in [0.3, 0.4) is 0 Å². The molecule has 0 saturated carbocycles. The number of hydrogen-bond donors (Lipinski definition) is 1. The van der Waals surface area contributed by atoms with E-state index in [0.29, 0.717) is 28.3 Å². The fourth-order valence-corrected chi connectivity index (χ4v) is 5.25.